The first kappa shape index (κ1) is 91.5. The van der Waals surface area contributed by atoms with Crippen molar-refractivity contribution in [2.75, 3.05) is 13.1 Å². The van der Waals surface area contributed by atoms with Gasteiger partial charge in [-0.05, 0) is 57.9 Å². The minimum atomic E-state index is -1.44. The molecule has 56 heavy (non-hydrogen) atoms. The van der Waals surface area contributed by atoms with Crippen molar-refractivity contribution in [3.05, 3.63) is 36.1 Å². The van der Waals surface area contributed by atoms with Crippen molar-refractivity contribution in [3.8, 4) is 0 Å². The predicted molar refractivity (Wildman–Crippen MR) is 208 cm³/mol. The molecule has 352 valence electrons. The monoisotopic (exact) mass is 1580 g/mol. The second-order valence-corrected chi connectivity index (χ2v) is 13.9. The quantitative estimate of drug-likeness (QED) is 0.110. The van der Waals surface area contributed by atoms with E-state index in [0.29, 0.717) is 18.9 Å². The van der Waals surface area contributed by atoms with Crippen molar-refractivity contribution in [3.63, 3.8) is 0 Å². The smallest absolute Gasteiger partial charge is 0.693 e. The molecule has 19 N–H and O–H groups in total. The van der Waals surface area contributed by atoms with E-state index in [1.807, 2.05) is 0 Å². The molecule has 20 nitrogen and oxygen atoms in total. The van der Waals surface area contributed by atoms with Crippen LogP contribution in [0.2, 0.25) is 0 Å². The summed E-state index contributed by atoms with van der Waals surface area (Å²) in [4.78, 5) is 60.3. The number of aliphatic carboxylic acids is 6. The Labute approximate surface area is 392 Å². The maximum absolute atomic E-state index is 10.4. The zero-order chi connectivity index (χ0) is 35.2. The van der Waals surface area contributed by atoms with Gasteiger partial charge < -0.3 is 77.8 Å². The van der Waals surface area contributed by atoms with Crippen molar-refractivity contribution >= 4 is 54.7 Å². The average Bonchev–Trinajstić information content (AvgIpc) is 3.39. The van der Waals surface area contributed by atoms with Gasteiger partial charge in [-0.25, -0.2) is 0 Å². The van der Waals surface area contributed by atoms with E-state index < -0.39 is 69.5 Å². The van der Waals surface area contributed by atoms with Crippen LogP contribution in [-0.4, -0.2) is 97.7 Å². The summed E-state index contributed by atoms with van der Waals surface area (Å²) in [5.41, 5.74) is 17.1. The van der Waals surface area contributed by atoms with Gasteiger partial charge in [0, 0.05) is 12.6 Å². The summed E-state index contributed by atoms with van der Waals surface area (Å²) in [5.74, 6) is -7.44. The summed E-state index contributed by atoms with van der Waals surface area (Å²) in [6.45, 7) is 1.97. The Morgan fingerprint density at radius 3 is 0.929 bits per heavy atom. The standard InChI is InChI=1S/C6H12N2.2C6H8O4.C5H12N2.C3H4O4.4CH4.2ClH.4H2N.4Pt/c7-5-3-1-2-4-6(5)8;2*7-4(8)6(5(9)10)2-1-3-6;6-4-5-2-1-3-7-5;4-2(5)1-3(6)7;;;;;;;;;;;;;;/h5-8H,1-4H2;2*1-3H2,(H,7,8)(H,9,10);5,7H,1-4,6H2;1H2,(H,4,5)(H,6,7);4*1H4;2*1H;4*1H2;;;;/q-2;;;;;;;;;;;4*-1;3*+2;+4/p-2/t5-,6?;;;5-;;;;;;;;;;;;;;;/m0..0.............../s1. The number of carbonyl (C=O) groups is 6. The van der Waals surface area contributed by atoms with Gasteiger partial charge in [0.25, 0.3) is 0 Å². The fourth-order valence-corrected chi connectivity index (χ4v) is 4.32. The Morgan fingerprint density at radius 1 is 0.589 bits per heavy atom. The van der Waals surface area contributed by atoms with Gasteiger partial charge in [-0.15, -0.1) is 0 Å². The number of rotatable bonds is 7. The largest absolute Gasteiger partial charge is 2.00 e. The summed E-state index contributed by atoms with van der Waals surface area (Å²) in [6, 6.07) is 0.465. The molecular weight excluding hydrogens is 1520 g/mol. The second-order valence-electron chi connectivity index (χ2n) is 10.6. The van der Waals surface area contributed by atoms with Gasteiger partial charge >= 0.3 is 134 Å². The van der Waals surface area contributed by atoms with Gasteiger partial charge in [0.15, 0.2) is 10.8 Å². The zero-order valence-corrected chi connectivity index (χ0v) is 38.5. The molecule has 4 aliphatic rings. The summed E-state index contributed by atoms with van der Waals surface area (Å²) >= 11 is -0.472. The van der Waals surface area contributed by atoms with Crippen molar-refractivity contribution in [2.24, 2.45) is 16.6 Å². The first-order valence-electron chi connectivity index (χ1n) is 14.0. The molecule has 0 aromatic rings. The minimum absolute atomic E-state index is 0. The molecule has 3 saturated carbocycles. The van der Waals surface area contributed by atoms with E-state index in [1.165, 1.54) is 32.2 Å². The first-order chi connectivity index (χ1) is 21.0. The minimum Gasteiger partial charge on any atom is -0.693 e. The fourth-order valence-electron chi connectivity index (χ4n) is 4.32. The Balaban J connectivity index is -0.0000000354. The molecular formula is C30H68Cl2N8O12Pt4+2. The van der Waals surface area contributed by atoms with E-state index >= 15 is 0 Å². The third kappa shape index (κ3) is 36.9. The van der Waals surface area contributed by atoms with E-state index in [4.69, 9.17) is 66.7 Å². The molecule has 0 amide bonds. The van der Waals surface area contributed by atoms with Crippen molar-refractivity contribution in [1.82, 2.24) is 5.32 Å². The second kappa shape index (κ2) is 51.0. The number of nitrogens with one attached hydrogen (secondary N) is 3. The van der Waals surface area contributed by atoms with Gasteiger partial charge in [0.1, 0.15) is 6.42 Å². The Hall–Kier alpha value is -0.167. The Morgan fingerprint density at radius 2 is 0.857 bits per heavy atom. The summed E-state index contributed by atoms with van der Waals surface area (Å²) in [6.07, 6.45) is 8.54. The van der Waals surface area contributed by atoms with E-state index in [0.717, 1.165) is 19.4 Å². The van der Waals surface area contributed by atoms with Crippen LogP contribution in [0.4, 0.5) is 0 Å². The van der Waals surface area contributed by atoms with E-state index in [2.05, 4.69) is 5.32 Å². The molecule has 4 fully saturated rings. The molecule has 1 saturated heterocycles. The van der Waals surface area contributed by atoms with Crippen molar-refractivity contribution < 1.29 is 139 Å². The van der Waals surface area contributed by atoms with Gasteiger partial charge in [-0.3, -0.25) is 28.8 Å². The van der Waals surface area contributed by atoms with Gasteiger partial charge in [0.05, 0.1) is 0 Å². The Bertz CT molecular complexity index is 882. The number of carboxylic acids is 6. The summed E-state index contributed by atoms with van der Waals surface area (Å²) < 4.78 is 0. The Kier molecular flexibility index (Phi) is 83.3. The van der Waals surface area contributed by atoms with Gasteiger partial charge in [0.2, 0.25) is 0 Å². The molecule has 26 heteroatoms. The maximum atomic E-state index is 10.4. The van der Waals surface area contributed by atoms with Crippen LogP contribution in [-0.2, 0) is 108 Å². The zero-order valence-electron chi connectivity index (χ0n) is 27.9. The predicted octanol–water partition coefficient (Wildman–Crippen LogP) is 9.08. The number of nitrogens with two attached hydrogens (primary N) is 5. The molecule has 0 aromatic carbocycles. The molecule has 1 unspecified atom stereocenters. The van der Waals surface area contributed by atoms with E-state index in [9.17, 15) is 28.8 Å². The van der Waals surface area contributed by atoms with Crippen LogP contribution >= 0.6 is 18.8 Å². The molecule has 0 radical (unpaired) electrons. The molecule has 0 spiro atoms. The van der Waals surface area contributed by atoms with Crippen LogP contribution in [0, 0.1) is 10.8 Å². The average molecular weight is 1580 g/mol. The third-order valence-corrected chi connectivity index (χ3v) is 7.57. The van der Waals surface area contributed by atoms with E-state index in [1.54, 1.807) is 0 Å². The first-order valence-corrected chi connectivity index (χ1v) is 19.7. The maximum Gasteiger partial charge on any atom is 2.00 e. The number of halogens is 2. The van der Waals surface area contributed by atoms with Crippen LogP contribution in [0.25, 0.3) is 36.1 Å². The van der Waals surface area contributed by atoms with Crippen LogP contribution in [0.1, 0.15) is 113 Å². The molecule has 1 aliphatic heterocycles. The summed E-state index contributed by atoms with van der Waals surface area (Å²) in [5, 5.41) is 52.6. The van der Waals surface area contributed by atoms with E-state index in [-0.39, 0.29) is 155 Å². The number of hydrogen-bond acceptors (Lipinski definition) is 8. The van der Waals surface area contributed by atoms with Gasteiger partial charge in [-0.1, -0.05) is 55.4 Å². The molecule has 4 rings (SSSR count). The molecule has 1 heterocycles. The normalized spacial score (nSPS) is 18.6. The number of hydrogen-bond donors (Lipinski definition) is 8. The topological polar surface area (TPSA) is 443 Å². The molecule has 3 atom stereocenters. The van der Waals surface area contributed by atoms with Gasteiger partial charge in [-0.2, -0.15) is 12.1 Å². The van der Waals surface area contributed by atoms with Crippen molar-refractivity contribution in [1.29, 1.82) is 0 Å². The van der Waals surface area contributed by atoms with Crippen molar-refractivity contribution in [2.45, 2.75) is 131 Å². The van der Waals surface area contributed by atoms with Crippen LogP contribution < -0.4 is 11.1 Å². The van der Waals surface area contributed by atoms with Crippen LogP contribution in [0.5, 0.6) is 0 Å². The number of carboxylic acid groups (broad SMARTS) is 6. The third-order valence-electron chi connectivity index (χ3n) is 7.57. The molecule has 0 bridgehead atoms. The fraction of sp³-hybridized carbons (Fsp3) is 0.800. The van der Waals surface area contributed by atoms with Crippen LogP contribution in [0.3, 0.4) is 0 Å². The molecule has 0 aromatic heterocycles. The van der Waals surface area contributed by atoms with Crippen LogP contribution in [0.15, 0.2) is 0 Å². The summed E-state index contributed by atoms with van der Waals surface area (Å²) in [7, 11) is 9.75. The SMILES string of the molecule is C.C.C.C.NC[C@@H]1CCCN1.O=C(O)C1(C(=O)O)CCC1.O=C(O)C1(C(=O)O)CCC1.O=C(O)CC(=O)O.[Cl][Pt+2][Cl].[NH-]C1CCCC[C@@H]1[NH-].[NH2-].[NH2-].[NH2-].[NH2-].[Pt+2].[Pt+2].[Pt+2]. The molecule has 3 aliphatic carbocycles.